The molecule has 0 radical (unpaired) electrons. The maximum Gasteiger partial charge on any atom is 0.165 e. The van der Waals surface area contributed by atoms with Crippen LogP contribution in [0.3, 0.4) is 0 Å². The number of hydrogen-bond donors (Lipinski definition) is 0. The van der Waals surface area contributed by atoms with Crippen LogP contribution in [0.15, 0.2) is 146 Å². The molecule has 0 saturated carbocycles. The molecule has 0 aliphatic heterocycles. The van der Waals surface area contributed by atoms with Crippen LogP contribution >= 0.6 is 0 Å². The lowest BCUT2D eigenvalue weighted by Gasteiger charge is -2.21. The summed E-state index contributed by atoms with van der Waals surface area (Å²) >= 11 is 0. The fourth-order valence-corrected chi connectivity index (χ4v) is 11.6. The monoisotopic (exact) mass is 865 g/mol. The molecule has 0 saturated heterocycles. The Hall–Kier alpha value is -7.50. The average molecular weight is 866 g/mol. The van der Waals surface area contributed by atoms with Crippen LogP contribution < -0.4 is 0 Å². The Morgan fingerprint density at radius 3 is 1.67 bits per heavy atom. The highest BCUT2D eigenvalue weighted by atomic mass is 15.1. The summed E-state index contributed by atoms with van der Waals surface area (Å²) in [6.45, 7) is 20.9. The van der Waals surface area contributed by atoms with E-state index in [0.29, 0.717) is 0 Å². The molecular weight excluding hydrogens is 815 g/mol. The summed E-state index contributed by atoms with van der Waals surface area (Å²) in [7, 11) is 0. The molecule has 14 aromatic rings. The quantitative estimate of drug-likeness (QED) is 0.174. The molecule has 0 atom stereocenters. The molecule has 324 valence electrons. The molecular formula is C62H51N5. The van der Waals surface area contributed by atoms with Crippen molar-refractivity contribution in [2.45, 2.75) is 78.6 Å². The third kappa shape index (κ3) is 5.15. The minimum absolute atomic E-state index is 0.0116. The Morgan fingerprint density at radius 1 is 0.373 bits per heavy atom. The molecule has 0 amide bonds. The number of aromatic nitrogens is 5. The van der Waals surface area contributed by atoms with Crippen LogP contribution in [0, 0.1) is 0 Å². The van der Waals surface area contributed by atoms with Crippen LogP contribution in [-0.4, -0.2) is 23.3 Å². The number of para-hydroxylation sites is 2. The highest BCUT2D eigenvalue weighted by Gasteiger charge is 2.30. The van der Waals surface area contributed by atoms with E-state index in [1.165, 1.54) is 104 Å². The molecule has 5 heteroatoms. The molecule has 6 heterocycles. The Morgan fingerprint density at radius 2 is 0.940 bits per heavy atom. The fourth-order valence-electron chi connectivity index (χ4n) is 11.6. The lowest BCUT2D eigenvalue weighted by Crippen LogP contribution is -2.11. The summed E-state index contributed by atoms with van der Waals surface area (Å²) in [5.41, 5.74) is 18.1. The summed E-state index contributed by atoms with van der Waals surface area (Å²) in [6.07, 6.45) is 0. The van der Waals surface area contributed by atoms with E-state index in [1.54, 1.807) is 0 Å². The van der Waals surface area contributed by atoms with Crippen LogP contribution in [0.4, 0.5) is 0 Å². The van der Waals surface area contributed by atoms with Crippen molar-refractivity contribution in [3.05, 3.63) is 162 Å². The summed E-state index contributed by atoms with van der Waals surface area (Å²) in [5, 5.41) is 12.3. The summed E-state index contributed by atoms with van der Waals surface area (Å²) in [4.78, 5) is 11.7. The second-order valence-electron chi connectivity index (χ2n) is 22.3. The van der Waals surface area contributed by atoms with E-state index >= 15 is 0 Å². The van der Waals surface area contributed by atoms with Gasteiger partial charge in [-0.05, 0) is 122 Å². The van der Waals surface area contributed by atoms with E-state index in [9.17, 15) is 0 Å². The first-order chi connectivity index (χ1) is 32.1. The van der Waals surface area contributed by atoms with Gasteiger partial charge in [-0.15, -0.1) is 0 Å². The second-order valence-corrected chi connectivity index (χ2v) is 22.3. The van der Waals surface area contributed by atoms with Crippen molar-refractivity contribution in [1.29, 1.82) is 0 Å². The molecule has 0 unspecified atom stereocenters. The first-order valence-corrected chi connectivity index (χ1v) is 23.8. The third-order valence-corrected chi connectivity index (χ3v) is 15.1. The maximum atomic E-state index is 5.88. The van der Waals surface area contributed by atoms with Gasteiger partial charge in [0.05, 0.1) is 33.1 Å². The summed E-state index contributed by atoms with van der Waals surface area (Å²) in [5.74, 6) is 0. The standard InChI is InChI=1S/C62H51N5/c1-60(2,3)36-24-26-51-46(29-36)52-40-20-14-13-17-34(40)28-47-53-58(66(51)57(47)52)63-54-48-33-38(62(7,8)9)32-45-44-31-37(61(4,5)6)30-42(55(44)67(56(45)48)59(54)64-53)35-23-25-50-43(27-35)41-21-15-16-22-49(41)65(50)39-18-11-10-12-19-39/h10-33H,1-9H3. The average Bonchev–Trinajstić information content (AvgIpc) is 4.09. The molecule has 0 spiro atoms. The van der Waals surface area contributed by atoms with E-state index < -0.39 is 0 Å². The molecule has 0 bridgehead atoms. The van der Waals surface area contributed by atoms with Crippen molar-refractivity contribution in [3.63, 3.8) is 0 Å². The second kappa shape index (κ2) is 12.7. The maximum absolute atomic E-state index is 5.88. The van der Waals surface area contributed by atoms with Crippen LogP contribution in [-0.2, 0) is 16.2 Å². The zero-order valence-electron chi connectivity index (χ0n) is 39.6. The predicted octanol–water partition coefficient (Wildman–Crippen LogP) is 16.6. The Balaban J connectivity index is 1.16. The predicted molar refractivity (Wildman–Crippen MR) is 285 cm³/mol. The van der Waals surface area contributed by atoms with E-state index in [1.807, 2.05) is 0 Å². The van der Waals surface area contributed by atoms with Gasteiger partial charge in [-0.25, -0.2) is 9.97 Å². The van der Waals surface area contributed by atoms with Crippen LogP contribution in [0.25, 0.3) is 126 Å². The van der Waals surface area contributed by atoms with Gasteiger partial charge in [-0.3, -0.25) is 8.80 Å². The van der Waals surface area contributed by atoms with Gasteiger partial charge in [0.1, 0.15) is 11.0 Å². The zero-order chi connectivity index (χ0) is 45.6. The zero-order valence-corrected chi connectivity index (χ0v) is 39.6. The molecule has 6 aromatic heterocycles. The summed E-state index contributed by atoms with van der Waals surface area (Å²) < 4.78 is 7.30. The van der Waals surface area contributed by atoms with Crippen molar-refractivity contribution in [1.82, 2.24) is 23.3 Å². The van der Waals surface area contributed by atoms with Crippen molar-refractivity contribution < 1.29 is 0 Å². The molecule has 14 rings (SSSR count). The van der Waals surface area contributed by atoms with Crippen LogP contribution in [0.1, 0.15) is 79.0 Å². The molecule has 0 N–H and O–H groups in total. The lowest BCUT2D eigenvalue weighted by molar-refractivity contribution is 0.591. The van der Waals surface area contributed by atoms with E-state index in [4.69, 9.17) is 9.97 Å². The minimum Gasteiger partial charge on any atom is -0.309 e. The number of benzene rings is 8. The Kier molecular flexibility index (Phi) is 7.33. The number of hydrogen-bond acceptors (Lipinski definition) is 2. The summed E-state index contributed by atoms with van der Waals surface area (Å²) in [6, 6.07) is 54.7. The van der Waals surface area contributed by atoms with Gasteiger partial charge in [-0.2, -0.15) is 0 Å². The number of rotatable bonds is 2. The fraction of sp³-hybridized carbons (Fsp3) is 0.194. The van der Waals surface area contributed by atoms with Gasteiger partial charge in [0.25, 0.3) is 0 Å². The molecule has 0 aliphatic carbocycles. The van der Waals surface area contributed by atoms with Crippen molar-refractivity contribution in [2.75, 3.05) is 0 Å². The van der Waals surface area contributed by atoms with Gasteiger partial charge in [-0.1, -0.05) is 135 Å². The van der Waals surface area contributed by atoms with Gasteiger partial charge in [0, 0.05) is 54.3 Å². The molecule has 0 aliphatic rings. The van der Waals surface area contributed by atoms with Crippen molar-refractivity contribution in [2.24, 2.45) is 0 Å². The minimum atomic E-state index is -0.0988. The Bertz CT molecular complexity index is 4420. The highest BCUT2D eigenvalue weighted by Crippen LogP contribution is 2.49. The first kappa shape index (κ1) is 38.7. The highest BCUT2D eigenvalue weighted by molar-refractivity contribution is 6.32. The van der Waals surface area contributed by atoms with Gasteiger partial charge in [0.15, 0.2) is 11.3 Å². The Labute approximate surface area is 388 Å². The van der Waals surface area contributed by atoms with Crippen LogP contribution in [0.2, 0.25) is 0 Å². The van der Waals surface area contributed by atoms with Gasteiger partial charge >= 0.3 is 0 Å². The van der Waals surface area contributed by atoms with E-state index in [0.717, 1.165) is 38.8 Å². The number of fused-ring (bicyclic) bond motifs is 17. The smallest absolute Gasteiger partial charge is 0.165 e. The largest absolute Gasteiger partial charge is 0.309 e. The molecule has 67 heavy (non-hydrogen) atoms. The van der Waals surface area contributed by atoms with Gasteiger partial charge in [0.2, 0.25) is 0 Å². The van der Waals surface area contributed by atoms with Crippen molar-refractivity contribution >= 4 is 109 Å². The lowest BCUT2D eigenvalue weighted by atomic mass is 9.83. The SMILES string of the molecule is CC(C)(C)c1ccc2c(c1)c1c3ccccc3cc3c4nc5c(nc4n2c31)c1cc(C(C)(C)C)cc2c3cc(C(C)(C)C)cc(-c4ccc6c(c4)c4ccccc4n6-c4ccccc4)c3n5c21. The molecule has 8 aromatic carbocycles. The molecule has 5 nitrogen and oxygen atoms in total. The number of nitrogens with zero attached hydrogens (tertiary/aromatic N) is 5. The third-order valence-electron chi connectivity index (χ3n) is 15.1. The molecule has 0 fully saturated rings. The normalized spacial score (nSPS) is 13.4. The van der Waals surface area contributed by atoms with Crippen molar-refractivity contribution in [3.8, 4) is 16.8 Å². The van der Waals surface area contributed by atoms with E-state index in [-0.39, 0.29) is 16.2 Å². The van der Waals surface area contributed by atoms with Crippen LogP contribution in [0.5, 0.6) is 0 Å². The van der Waals surface area contributed by atoms with Gasteiger partial charge < -0.3 is 4.57 Å². The van der Waals surface area contributed by atoms with E-state index in [2.05, 4.69) is 221 Å². The first-order valence-electron chi connectivity index (χ1n) is 23.8. The topological polar surface area (TPSA) is 39.5 Å².